The zero-order valence-corrected chi connectivity index (χ0v) is 19.1. The highest BCUT2D eigenvalue weighted by molar-refractivity contribution is 6.46. The first-order chi connectivity index (χ1) is 16.4. The summed E-state index contributed by atoms with van der Waals surface area (Å²) in [4.78, 5) is 31.9. The van der Waals surface area contributed by atoms with Gasteiger partial charge in [-0.05, 0) is 66.9 Å². The second kappa shape index (κ2) is 9.79. The van der Waals surface area contributed by atoms with E-state index in [1.54, 1.807) is 54.7 Å². The summed E-state index contributed by atoms with van der Waals surface area (Å²) in [5, 5.41) is 21.0. The first kappa shape index (κ1) is 23.0. The molecule has 2 aromatic carbocycles. The molecule has 1 aromatic heterocycles. The Bertz CT molecular complexity index is 1240. The molecule has 1 amide bonds. The van der Waals surface area contributed by atoms with Gasteiger partial charge in [0.1, 0.15) is 17.3 Å². The number of rotatable bonds is 7. The smallest absolute Gasteiger partial charge is 0.296 e. The fourth-order valence-corrected chi connectivity index (χ4v) is 4.04. The van der Waals surface area contributed by atoms with Gasteiger partial charge in [-0.15, -0.1) is 0 Å². The predicted octanol–water partition coefficient (Wildman–Crippen LogP) is 4.51. The van der Waals surface area contributed by atoms with Crippen LogP contribution in [0.3, 0.4) is 0 Å². The molecule has 0 saturated carbocycles. The van der Waals surface area contributed by atoms with Gasteiger partial charge in [-0.2, -0.15) is 0 Å². The lowest BCUT2D eigenvalue weighted by molar-refractivity contribution is -0.140. The summed E-state index contributed by atoms with van der Waals surface area (Å²) in [6.45, 7) is 4.55. The molecule has 7 nitrogen and oxygen atoms in total. The number of aliphatic hydroxyl groups excluding tert-OH is 1. The van der Waals surface area contributed by atoms with Crippen LogP contribution in [0.1, 0.15) is 41.8 Å². The van der Waals surface area contributed by atoms with E-state index >= 15 is 0 Å². The quantitative estimate of drug-likeness (QED) is 0.307. The van der Waals surface area contributed by atoms with Crippen LogP contribution in [0.25, 0.3) is 5.76 Å². The van der Waals surface area contributed by atoms with Crippen LogP contribution in [-0.4, -0.2) is 38.4 Å². The molecule has 0 radical (unpaired) electrons. The van der Waals surface area contributed by atoms with E-state index in [4.69, 9.17) is 4.74 Å². The molecule has 7 heteroatoms. The fourth-order valence-electron chi connectivity index (χ4n) is 4.04. The Morgan fingerprint density at radius 3 is 2.50 bits per heavy atom. The SMILES string of the molecule is CCCOc1ccc(/C(O)=C2/C(=O)C(=O)N(Cc3ccccn3)C2c2ccc(O)cc2)cc1C. The highest BCUT2D eigenvalue weighted by Gasteiger charge is 2.46. The summed E-state index contributed by atoms with van der Waals surface area (Å²) in [6, 6.07) is 15.9. The molecule has 3 aromatic rings. The zero-order chi connectivity index (χ0) is 24.2. The molecule has 1 atom stereocenters. The van der Waals surface area contributed by atoms with Gasteiger partial charge in [-0.25, -0.2) is 0 Å². The van der Waals surface area contributed by atoms with E-state index in [0.717, 1.165) is 12.0 Å². The number of phenolic OH excluding ortho intramolecular Hbond substituents is 1. The molecule has 1 unspecified atom stereocenters. The highest BCUT2D eigenvalue weighted by Crippen LogP contribution is 2.41. The second-order valence-electron chi connectivity index (χ2n) is 8.17. The lowest BCUT2D eigenvalue weighted by Gasteiger charge is -2.25. The number of aryl methyl sites for hydroxylation is 1. The number of ether oxygens (including phenoxy) is 1. The normalized spacial score (nSPS) is 17.2. The standard InChI is InChI=1S/C27H26N2O5/c1-3-14-34-22-12-9-19(15-17(22)2)25(31)23-24(18-7-10-21(30)11-8-18)29(27(33)26(23)32)16-20-6-4-5-13-28-20/h4-13,15,24,30-31H,3,14,16H2,1-2H3/b25-23-. The van der Waals surface area contributed by atoms with Crippen LogP contribution in [0.15, 0.2) is 72.4 Å². The van der Waals surface area contributed by atoms with Crippen molar-refractivity contribution in [2.75, 3.05) is 6.61 Å². The molecule has 1 aliphatic heterocycles. The van der Waals surface area contributed by atoms with Crippen molar-refractivity contribution in [3.63, 3.8) is 0 Å². The van der Waals surface area contributed by atoms with Crippen LogP contribution in [0.4, 0.5) is 0 Å². The van der Waals surface area contributed by atoms with Gasteiger partial charge in [-0.3, -0.25) is 14.6 Å². The minimum atomic E-state index is -0.834. The Morgan fingerprint density at radius 2 is 1.85 bits per heavy atom. The van der Waals surface area contributed by atoms with E-state index in [2.05, 4.69) is 4.98 Å². The molecular formula is C27H26N2O5. The number of carbonyl (C=O) groups is 2. The number of Topliss-reactive ketones (excluding diaryl/α,β-unsaturated/α-hetero) is 1. The maximum absolute atomic E-state index is 13.2. The van der Waals surface area contributed by atoms with E-state index in [1.807, 2.05) is 13.8 Å². The van der Waals surface area contributed by atoms with Crippen molar-refractivity contribution in [3.05, 3.63) is 94.8 Å². The average Bonchev–Trinajstić information content (AvgIpc) is 3.09. The summed E-state index contributed by atoms with van der Waals surface area (Å²) in [5.74, 6) is -0.988. The molecule has 1 fully saturated rings. The summed E-state index contributed by atoms with van der Waals surface area (Å²) in [6.07, 6.45) is 2.49. The average molecular weight is 459 g/mol. The number of aromatic hydroxyl groups is 1. The number of ketones is 1. The van der Waals surface area contributed by atoms with Crippen LogP contribution < -0.4 is 4.74 Å². The minimum Gasteiger partial charge on any atom is -0.508 e. The number of pyridine rings is 1. The number of carbonyl (C=O) groups excluding carboxylic acids is 2. The number of hydrogen-bond donors (Lipinski definition) is 2. The number of likely N-dealkylation sites (tertiary alicyclic amines) is 1. The Morgan fingerprint density at radius 1 is 1.09 bits per heavy atom. The van der Waals surface area contributed by atoms with E-state index in [0.29, 0.717) is 29.2 Å². The predicted molar refractivity (Wildman–Crippen MR) is 127 cm³/mol. The summed E-state index contributed by atoms with van der Waals surface area (Å²) >= 11 is 0. The van der Waals surface area contributed by atoms with Gasteiger partial charge in [0.15, 0.2) is 0 Å². The maximum Gasteiger partial charge on any atom is 0.296 e. The summed E-state index contributed by atoms with van der Waals surface area (Å²) in [7, 11) is 0. The van der Waals surface area contributed by atoms with Crippen molar-refractivity contribution in [1.29, 1.82) is 0 Å². The summed E-state index contributed by atoms with van der Waals surface area (Å²) < 4.78 is 5.71. The van der Waals surface area contributed by atoms with Gasteiger partial charge >= 0.3 is 0 Å². The van der Waals surface area contributed by atoms with E-state index in [9.17, 15) is 19.8 Å². The Kier molecular flexibility index (Phi) is 6.63. The minimum absolute atomic E-state index is 0.00625. The number of hydrogen-bond acceptors (Lipinski definition) is 6. The Balaban J connectivity index is 1.81. The van der Waals surface area contributed by atoms with Gasteiger partial charge in [-0.1, -0.05) is 25.1 Å². The molecular weight excluding hydrogens is 432 g/mol. The van der Waals surface area contributed by atoms with Gasteiger partial charge in [0.25, 0.3) is 11.7 Å². The molecule has 1 saturated heterocycles. The Labute approximate surface area is 198 Å². The molecule has 2 heterocycles. The first-order valence-electron chi connectivity index (χ1n) is 11.1. The molecule has 0 spiro atoms. The van der Waals surface area contributed by atoms with E-state index in [-0.39, 0.29) is 23.6 Å². The van der Waals surface area contributed by atoms with Crippen molar-refractivity contribution in [3.8, 4) is 11.5 Å². The first-order valence-corrected chi connectivity index (χ1v) is 11.1. The molecule has 0 aliphatic carbocycles. The third-order valence-corrected chi connectivity index (χ3v) is 5.72. The number of aromatic nitrogens is 1. The van der Waals surface area contributed by atoms with Crippen LogP contribution in [0.5, 0.6) is 11.5 Å². The molecule has 2 N–H and O–H groups in total. The Hall–Kier alpha value is -4.13. The van der Waals surface area contributed by atoms with E-state index in [1.165, 1.54) is 17.0 Å². The zero-order valence-electron chi connectivity index (χ0n) is 19.1. The van der Waals surface area contributed by atoms with Gasteiger partial charge < -0.3 is 19.8 Å². The number of amides is 1. The number of benzene rings is 2. The molecule has 4 rings (SSSR count). The van der Waals surface area contributed by atoms with Crippen LogP contribution in [0.2, 0.25) is 0 Å². The third kappa shape index (κ3) is 4.50. The van der Waals surface area contributed by atoms with Gasteiger partial charge in [0, 0.05) is 11.8 Å². The van der Waals surface area contributed by atoms with E-state index < -0.39 is 17.7 Å². The van der Waals surface area contributed by atoms with Crippen molar-refractivity contribution >= 4 is 17.4 Å². The van der Waals surface area contributed by atoms with Gasteiger partial charge in [0.05, 0.1) is 30.5 Å². The highest BCUT2D eigenvalue weighted by atomic mass is 16.5. The van der Waals surface area contributed by atoms with Crippen LogP contribution >= 0.6 is 0 Å². The van der Waals surface area contributed by atoms with Crippen molar-refractivity contribution in [2.45, 2.75) is 32.9 Å². The van der Waals surface area contributed by atoms with Crippen LogP contribution in [-0.2, 0) is 16.1 Å². The third-order valence-electron chi connectivity index (χ3n) is 5.72. The summed E-state index contributed by atoms with van der Waals surface area (Å²) in [5.41, 5.74) is 2.42. The molecule has 174 valence electrons. The molecule has 1 aliphatic rings. The lowest BCUT2D eigenvalue weighted by atomic mass is 9.94. The van der Waals surface area contributed by atoms with Crippen LogP contribution in [0, 0.1) is 6.92 Å². The number of aliphatic hydroxyl groups is 1. The largest absolute Gasteiger partial charge is 0.508 e. The van der Waals surface area contributed by atoms with Crippen molar-refractivity contribution in [1.82, 2.24) is 9.88 Å². The molecule has 0 bridgehead atoms. The lowest BCUT2D eigenvalue weighted by Crippen LogP contribution is -2.29. The second-order valence-corrected chi connectivity index (χ2v) is 8.17. The molecule has 34 heavy (non-hydrogen) atoms. The number of nitrogens with zero attached hydrogens (tertiary/aromatic N) is 2. The maximum atomic E-state index is 13.2. The fraction of sp³-hybridized carbons (Fsp3) is 0.222. The van der Waals surface area contributed by atoms with Gasteiger partial charge in [0.2, 0.25) is 0 Å². The monoisotopic (exact) mass is 458 g/mol. The number of phenols is 1. The van der Waals surface area contributed by atoms with Crippen molar-refractivity contribution in [2.24, 2.45) is 0 Å². The van der Waals surface area contributed by atoms with Crippen molar-refractivity contribution < 1.29 is 24.5 Å². The topological polar surface area (TPSA) is 100.0 Å².